The van der Waals surface area contributed by atoms with Gasteiger partial charge >= 0.3 is 0 Å². The fourth-order valence-corrected chi connectivity index (χ4v) is 3.24. The summed E-state index contributed by atoms with van der Waals surface area (Å²) in [5, 5.41) is 17.6. The second-order valence-electron chi connectivity index (χ2n) is 5.31. The molecule has 1 aromatic carbocycles. The highest BCUT2D eigenvalue weighted by molar-refractivity contribution is 7.98. The maximum absolute atomic E-state index is 10.3. The number of ether oxygens (including phenoxy) is 1. The SMILES string of the molecule is Cl.Cl.OC1(CNCCSCc2cccc(Cl)c2)CNCCOC1. The Kier molecular flexibility index (Phi) is 12.8. The minimum atomic E-state index is -0.797. The molecule has 0 saturated carbocycles. The highest BCUT2D eigenvalue weighted by Crippen LogP contribution is 2.16. The fraction of sp³-hybridized carbons (Fsp3) is 0.600. The Labute approximate surface area is 159 Å². The summed E-state index contributed by atoms with van der Waals surface area (Å²) in [5.41, 5.74) is 0.446. The Morgan fingerprint density at radius 2 is 2.22 bits per heavy atom. The third kappa shape index (κ3) is 9.37. The third-order valence-electron chi connectivity index (χ3n) is 3.28. The van der Waals surface area contributed by atoms with Crippen molar-refractivity contribution in [3.05, 3.63) is 34.9 Å². The molecule has 0 amide bonds. The molecule has 0 aliphatic carbocycles. The molecule has 0 bridgehead atoms. The molecule has 0 aromatic heterocycles. The predicted molar refractivity (Wildman–Crippen MR) is 104 cm³/mol. The van der Waals surface area contributed by atoms with Gasteiger partial charge in [0.25, 0.3) is 0 Å². The summed E-state index contributed by atoms with van der Waals surface area (Å²) in [6.07, 6.45) is 0. The molecular formula is C15H25Cl3N2O2S. The van der Waals surface area contributed by atoms with Gasteiger partial charge in [-0.3, -0.25) is 0 Å². The Hall–Kier alpha value is 0.280. The summed E-state index contributed by atoms with van der Waals surface area (Å²) in [7, 11) is 0. The van der Waals surface area contributed by atoms with E-state index in [2.05, 4.69) is 16.7 Å². The molecule has 23 heavy (non-hydrogen) atoms. The van der Waals surface area contributed by atoms with Crippen LogP contribution in [0.15, 0.2) is 24.3 Å². The molecule has 1 fully saturated rings. The Bertz CT molecular complexity index is 433. The van der Waals surface area contributed by atoms with Crippen LogP contribution < -0.4 is 10.6 Å². The summed E-state index contributed by atoms with van der Waals surface area (Å²) in [6, 6.07) is 7.95. The van der Waals surface area contributed by atoms with E-state index in [0.717, 1.165) is 29.6 Å². The van der Waals surface area contributed by atoms with Gasteiger partial charge in [-0.05, 0) is 17.7 Å². The van der Waals surface area contributed by atoms with Gasteiger partial charge in [0, 0.05) is 42.7 Å². The van der Waals surface area contributed by atoms with Crippen molar-refractivity contribution in [2.75, 3.05) is 45.1 Å². The van der Waals surface area contributed by atoms with Crippen LogP contribution in [-0.4, -0.2) is 55.9 Å². The van der Waals surface area contributed by atoms with Crippen LogP contribution in [0.5, 0.6) is 0 Å². The Morgan fingerprint density at radius 1 is 1.39 bits per heavy atom. The number of nitrogens with one attached hydrogen (secondary N) is 2. The quantitative estimate of drug-likeness (QED) is 0.610. The molecule has 1 unspecified atom stereocenters. The lowest BCUT2D eigenvalue weighted by atomic mass is 10.1. The summed E-state index contributed by atoms with van der Waals surface area (Å²) in [4.78, 5) is 0. The topological polar surface area (TPSA) is 53.5 Å². The number of β-amino-alcohol motifs (C(OH)–C–C–N with tert-alkyl or cyclic N) is 1. The van der Waals surface area contributed by atoms with Crippen LogP contribution in [0.25, 0.3) is 0 Å². The molecule has 1 heterocycles. The molecule has 1 aromatic rings. The van der Waals surface area contributed by atoms with Crippen LogP contribution in [0.2, 0.25) is 5.02 Å². The monoisotopic (exact) mass is 402 g/mol. The minimum Gasteiger partial charge on any atom is -0.385 e. The number of rotatable bonds is 7. The van der Waals surface area contributed by atoms with E-state index < -0.39 is 5.60 Å². The molecule has 1 aliphatic heterocycles. The largest absolute Gasteiger partial charge is 0.385 e. The maximum atomic E-state index is 10.3. The predicted octanol–water partition coefficient (Wildman–Crippen LogP) is 2.36. The van der Waals surface area contributed by atoms with E-state index >= 15 is 0 Å². The molecule has 2 rings (SSSR count). The standard InChI is InChI=1S/C15H23ClN2O2S.2ClH/c16-14-3-1-2-13(8-14)9-21-7-5-18-11-15(19)10-17-4-6-20-12-15;;/h1-3,8,17-19H,4-7,9-12H2;2*1H. The molecular weight excluding hydrogens is 379 g/mol. The van der Waals surface area contributed by atoms with E-state index in [-0.39, 0.29) is 24.8 Å². The lowest BCUT2D eigenvalue weighted by Gasteiger charge is -2.26. The molecule has 0 radical (unpaired) electrons. The normalized spacial score (nSPS) is 21.0. The van der Waals surface area contributed by atoms with Crippen molar-refractivity contribution >= 4 is 48.2 Å². The Morgan fingerprint density at radius 3 is 3.00 bits per heavy atom. The highest BCUT2D eigenvalue weighted by Gasteiger charge is 2.28. The molecule has 1 saturated heterocycles. The van der Waals surface area contributed by atoms with Crippen molar-refractivity contribution < 1.29 is 9.84 Å². The summed E-state index contributed by atoms with van der Waals surface area (Å²) in [5.74, 6) is 1.95. The molecule has 134 valence electrons. The summed E-state index contributed by atoms with van der Waals surface area (Å²) >= 11 is 7.81. The van der Waals surface area contributed by atoms with Gasteiger partial charge in [0.1, 0.15) is 5.60 Å². The first-order chi connectivity index (χ1) is 10.2. The van der Waals surface area contributed by atoms with Crippen molar-refractivity contribution in [2.45, 2.75) is 11.4 Å². The first kappa shape index (κ1) is 23.3. The van der Waals surface area contributed by atoms with E-state index in [9.17, 15) is 5.11 Å². The van der Waals surface area contributed by atoms with Crippen molar-refractivity contribution in [3.8, 4) is 0 Å². The average molecular weight is 404 g/mol. The maximum Gasteiger partial charge on any atom is 0.113 e. The van der Waals surface area contributed by atoms with Gasteiger partial charge in [-0.2, -0.15) is 11.8 Å². The van der Waals surface area contributed by atoms with E-state index in [1.807, 2.05) is 30.0 Å². The van der Waals surface area contributed by atoms with Gasteiger partial charge in [0.05, 0.1) is 13.2 Å². The smallest absolute Gasteiger partial charge is 0.113 e. The third-order valence-corrected chi connectivity index (χ3v) is 4.55. The highest BCUT2D eigenvalue weighted by atomic mass is 35.5. The molecule has 3 N–H and O–H groups in total. The van der Waals surface area contributed by atoms with Gasteiger partial charge < -0.3 is 20.5 Å². The van der Waals surface area contributed by atoms with Crippen LogP contribution in [0.3, 0.4) is 0 Å². The zero-order valence-corrected chi connectivity index (χ0v) is 16.1. The van der Waals surface area contributed by atoms with E-state index in [0.29, 0.717) is 26.3 Å². The number of thioether (sulfide) groups is 1. The number of halogens is 3. The van der Waals surface area contributed by atoms with Gasteiger partial charge in [0.15, 0.2) is 0 Å². The van der Waals surface area contributed by atoms with Crippen molar-refractivity contribution in [2.24, 2.45) is 0 Å². The molecule has 4 nitrogen and oxygen atoms in total. The van der Waals surface area contributed by atoms with Gasteiger partial charge in [0.2, 0.25) is 0 Å². The number of aliphatic hydroxyl groups is 1. The summed E-state index contributed by atoms with van der Waals surface area (Å²) in [6.45, 7) is 3.86. The minimum absolute atomic E-state index is 0. The van der Waals surface area contributed by atoms with Crippen LogP contribution in [0, 0.1) is 0 Å². The first-order valence-corrected chi connectivity index (χ1v) is 8.75. The van der Waals surface area contributed by atoms with E-state index in [1.165, 1.54) is 5.56 Å². The van der Waals surface area contributed by atoms with Gasteiger partial charge in [-0.15, -0.1) is 24.8 Å². The van der Waals surface area contributed by atoms with Gasteiger partial charge in [-0.1, -0.05) is 23.7 Å². The Balaban J connectivity index is 0.00000242. The van der Waals surface area contributed by atoms with E-state index in [4.69, 9.17) is 16.3 Å². The van der Waals surface area contributed by atoms with Crippen LogP contribution in [-0.2, 0) is 10.5 Å². The van der Waals surface area contributed by atoms with Crippen LogP contribution in [0.4, 0.5) is 0 Å². The van der Waals surface area contributed by atoms with E-state index in [1.54, 1.807) is 0 Å². The second kappa shape index (κ2) is 12.6. The number of hydrogen-bond acceptors (Lipinski definition) is 5. The lowest BCUT2D eigenvalue weighted by molar-refractivity contribution is -0.0258. The lowest BCUT2D eigenvalue weighted by Crippen LogP contribution is -2.50. The van der Waals surface area contributed by atoms with Crippen LogP contribution >= 0.6 is 48.2 Å². The zero-order chi connectivity index (χ0) is 15.0. The average Bonchev–Trinajstić information content (AvgIpc) is 2.68. The fourth-order valence-electron chi connectivity index (χ4n) is 2.17. The van der Waals surface area contributed by atoms with Gasteiger partial charge in [-0.25, -0.2) is 0 Å². The molecule has 8 heteroatoms. The summed E-state index contributed by atoms with van der Waals surface area (Å²) < 4.78 is 5.39. The number of benzene rings is 1. The number of hydrogen-bond donors (Lipinski definition) is 3. The zero-order valence-electron chi connectivity index (χ0n) is 12.9. The molecule has 0 spiro atoms. The van der Waals surface area contributed by atoms with Crippen molar-refractivity contribution in [3.63, 3.8) is 0 Å². The van der Waals surface area contributed by atoms with Crippen molar-refractivity contribution in [1.82, 2.24) is 10.6 Å². The van der Waals surface area contributed by atoms with Crippen molar-refractivity contribution in [1.29, 1.82) is 0 Å². The molecule has 1 atom stereocenters. The first-order valence-electron chi connectivity index (χ1n) is 7.22. The molecule has 1 aliphatic rings. The second-order valence-corrected chi connectivity index (χ2v) is 6.85. The van der Waals surface area contributed by atoms with Crippen LogP contribution in [0.1, 0.15) is 5.56 Å².